The Labute approximate surface area is 147 Å². The van der Waals surface area contributed by atoms with Crippen LogP contribution in [0.5, 0.6) is 11.5 Å². The van der Waals surface area contributed by atoms with Crippen molar-refractivity contribution in [2.24, 2.45) is 4.99 Å². The van der Waals surface area contributed by atoms with Crippen LogP contribution in [0, 0.1) is 0 Å². The Kier molecular flexibility index (Phi) is 4.67. The summed E-state index contributed by atoms with van der Waals surface area (Å²) >= 11 is 0. The zero-order valence-electron chi connectivity index (χ0n) is 14.4. The minimum absolute atomic E-state index is 0.199. The lowest BCUT2D eigenvalue weighted by Crippen LogP contribution is -2.39. The van der Waals surface area contributed by atoms with Gasteiger partial charge in [-0.15, -0.1) is 0 Å². The highest BCUT2D eigenvalue weighted by atomic mass is 32.2. The molecule has 0 unspecified atom stereocenters. The molecule has 3 rings (SSSR count). The number of hydrogen-bond donors (Lipinski definition) is 0. The van der Waals surface area contributed by atoms with Crippen LogP contribution in [-0.2, 0) is 10.0 Å². The van der Waals surface area contributed by atoms with Gasteiger partial charge in [0.15, 0.2) is 11.5 Å². The van der Waals surface area contributed by atoms with E-state index >= 15 is 0 Å². The second kappa shape index (κ2) is 6.76. The predicted octanol–water partition coefficient (Wildman–Crippen LogP) is 3.74. The molecule has 1 heterocycles. The minimum atomic E-state index is -3.75. The predicted molar refractivity (Wildman–Crippen MR) is 97.7 cm³/mol. The second-order valence-electron chi connectivity index (χ2n) is 5.55. The van der Waals surface area contributed by atoms with Gasteiger partial charge in [0.1, 0.15) is 10.7 Å². The van der Waals surface area contributed by atoms with Crippen LogP contribution < -0.4 is 13.8 Å². The summed E-state index contributed by atoms with van der Waals surface area (Å²) in [4.78, 5) is 4.78. The number of fused-ring (bicyclic) bond motifs is 1. The van der Waals surface area contributed by atoms with Crippen molar-refractivity contribution in [3.8, 4) is 11.5 Å². The van der Waals surface area contributed by atoms with Crippen molar-refractivity contribution in [2.45, 2.75) is 24.7 Å². The molecule has 0 amide bonds. The van der Waals surface area contributed by atoms with Crippen molar-refractivity contribution in [3.63, 3.8) is 0 Å². The normalized spacial score (nSPS) is 15.3. The molecule has 0 aromatic heterocycles. The summed E-state index contributed by atoms with van der Waals surface area (Å²) in [5.41, 5.74) is 0.946. The third-order valence-electron chi connectivity index (χ3n) is 3.94. The van der Waals surface area contributed by atoms with Gasteiger partial charge in [-0.2, -0.15) is 0 Å². The van der Waals surface area contributed by atoms with Gasteiger partial charge in [-0.05, 0) is 30.7 Å². The van der Waals surface area contributed by atoms with Crippen molar-refractivity contribution < 1.29 is 17.9 Å². The summed E-state index contributed by atoms with van der Waals surface area (Å²) in [7, 11) is -0.692. The highest BCUT2D eigenvalue weighted by molar-refractivity contribution is 7.93. The first-order valence-corrected chi connectivity index (χ1v) is 9.41. The maximum absolute atomic E-state index is 13.2. The highest BCUT2D eigenvalue weighted by Crippen LogP contribution is 2.39. The van der Waals surface area contributed by atoms with Crippen LogP contribution in [0.1, 0.15) is 19.8 Å². The molecule has 0 N–H and O–H groups in total. The first kappa shape index (κ1) is 17.3. The lowest BCUT2D eigenvalue weighted by atomic mass is 10.2. The first-order chi connectivity index (χ1) is 12.0. The van der Waals surface area contributed by atoms with Gasteiger partial charge < -0.3 is 9.47 Å². The molecule has 0 saturated carbocycles. The number of nitrogens with zero attached hydrogens (tertiary/aromatic N) is 2. The molecule has 2 aromatic carbocycles. The van der Waals surface area contributed by atoms with Crippen molar-refractivity contribution in [1.29, 1.82) is 0 Å². The van der Waals surface area contributed by atoms with E-state index in [2.05, 4.69) is 4.99 Å². The average Bonchev–Trinajstić information content (AvgIpc) is 2.61. The minimum Gasteiger partial charge on any atom is -0.493 e. The third kappa shape index (κ3) is 2.95. The van der Waals surface area contributed by atoms with Gasteiger partial charge in [-0.1, -0.05) is 19.1 Å². The molecule has 6 nitrogen and oxygen atoms in total. The molecule has 0 bridgehead atoms. The topological polar surface area (TPSA) is 68.2 Å². The number of anilines is 1. The third-order valence-corrected chi connectivity index (χ3v) is 5.75. The fourth-order valence-corrected chi connectivity index (χ4v) is 4.44. The number of rotatable bonds is 5. The molecule has 7 heteroatoms. The van der Waals surface area contributed by atoms with E-state index in [1.54, 1.807) is 42.5 Å². The number of benzene rings is 2. The summed E-state index contributed by atoms with van der Waals surface area (Å²) in [6, 6.07) is 11.8. The van der Waals surface area contributed by atoms with Gasteiger partial charge in [0.2, 0.25) is 0 Å². The number of methoxy groups -OCH3 is 2. The molecule has 0 saturated heterocycles. The summed E-state index contributed by atoms with van der Waals surface area (Å²) < 4.78 is 38.3. The summed E-state index contributed by atoms with van der Waals surface area (Å²) in [5.74, 6) is 1.49. The van der Waals surface area contributed by atoms with Gasteiger partial charge in [0.05, 0.1) is 25.6 Å². The van der Waals surface area contributed by atoms with Crippen LogP contribution >= 0.6 is 0 Å². The number of aliphatic imine (C=N–C) groups is 1. The monoisotopic (exact) mass is 360 g/mol. The highest BCUT2D eigenvalue weighted by Gasteiger charge is 2.35. The molecule has 1 aliphatic rings. The summed E-state index contributed by atoms with van der Waals surface area (Å²) in [6.07, 6.45) is 1.32. The van der Waals surface area contributed by atoms with E-state index in [0.29, 0.717) is 35.1 Å². The van der Waals surface area contributed by atoms with E-state index in [-0.39, 0.29) is 4.90 Å². The van der Waals surface area contributed by atoms with E-state index in [9.17, 15) is 8.42 Å². The fraction of sp³-hybridized carbons (Fsp3) is 0.278. The quantitative estimate of drug-likeness (QED) is 0.814. The van der Waals surface area contributed by atoms with Gasteiger partial charge in [0.25, 0.3) is 10.0 Å². The van der Waals surface area contributed by atoms with E-state index in [1.807, 2.05) is 6.92 Å². The van der Waals surface area contributed by atoms with Gasteiger partial charge >= 0.3 is 0 Å². The molecule has 25 heavy (non-hydrogen) atoms. The largest absolute Gasteiger partial charge is 0.493 e. The maximum atomic E-state index is 13.2. The number of ether oxygens (including phenoxy) is 2. The van der Waals surface area contributed by atoms with E-state index < -0.39 is 10.0 Å². The van der Waals surface area contributed by atoms with Crippen molar-refractivity contribution >= 4 is 27.2 Å². The molecule has 0 spiro atoms. The van der Waals surface area contributed by atoms with Crippen LogP contribution in [0.4, 0.5) is 11.4 Å². The Balaban J connectivity index is 2.20. The molecule has 0 fully saturated rings. The lowest BCUT2D eigenvalue weighted by Gasteiger charge is -2.30. The number of para-hydroxylation sites is 1. The van der Waals surface area contributed by atoms with Crippen LogP contribution in [0.25, 0.3) is 0 Å². The van der Waals surface area contributed by atoms with Gasteiger partial charge in [0, 0.05) is 12.5 Å². The molecule has 0 radical (unpaired) electrons. The first-order valence-electron chi connectivity index (χ1n) is 7.97. The van der Waals surface area contributed by atoms with Crippen molar-refractivity contribution in [2.75, 3.05) is 18.5 Å². The van der Waals surface area contributed by atoms with E-state index in [4.69, 9.17) is 9.47 Å². The average molecular weight is 360 g/mol. The zero-order valence-corrected chi connectivity index (χ0v) is 15.2. The summed E-state index contributed by atoms with van der Waals surface area (Å²) in [6.45, 7) is 1.99. The van der Waals surface area contributed by atoms with E-state index in [0.717, 1.165) is 6.42 Å². The number of sulfonamides is 1. The Hall–Kier alpha value is -2.54. The van der Waals surface area contributed by atoms with Crippen molar-refractivity contribution in [3.05, 3.63) is 42.5 Å². The molecule has 1 aliphatic heterocycles. The Morgan fingerprint density at radius 3 is 2.44 bits per heavy atom. The lowest BCUT2D eigenvalue weighted by molar-refractivity contribution is 0.355. The Morgan fingerprint density at radius 1 is 1.04 bits per heavy atom. The van der Waals surface area contributed by atoms with Crippen LogP contribution in [0.15, 0.2) is 52.4 Å². The van der Waals surface area contributed by atoms with E-state index in [1.165, 1.54) is 18.5 Å². The smallest absolute Gasteiger partial charge is 0.271 e. The number of hydrogen-bond acceptors (Lipinski definition) is 5. The summed E-state index contributed by atoms with van der Waals surface area (Å²) in [5, 5.41) is 0. The molecule has 132 valence electrons. The van der Waals surface area contributed by atoms with Crippen LogP contribution in [0.3, 0.4) is 0 Å². The molecular formula is C18H20N2O4S. The van der Waals surface area contributed by atoms with Gasteiger partial charge in [-0.3, -0.25) is 0 Å². The van der Waals surface area contributed by atoms with Crippen LogP contribution in [0.2, 0.25) is 0 Å². The Morgan fingerprint density at radius 2 is 1.76 bits per heavy atom. The molecule has 0 atom stereocenters. The molecular weight excluding hydrogens is 340 g/mol. The number of amidine groups is 1. The zero-order chi connectivity index (χ0) is 18.0. The maximum Gasteiger partial charge on any atom is 0.271 e. The standard InChI is InChI=1S/C18H20N2O4S/c1-4-7-18-19-14-8-5-6-9-17(14)25(21,22)20(18)13-10-11-15(23-2)16(12-13)24-3/h5-6,8-12H,4,7H2,1-3H3. The van der Waals surface area contributed by atoms with Crippen molar-refractivity contribution in [1.82, 2.24) is 0 Å². The Bertz CT molecular complexity index is 922. The fourth-order valence-electron chi connectivity index (χ4n) is 2.81. The molecule has 0 aliphatic carbocycles. The van der Waals surface area contributed by atoms with Crippen LogP contribution in [-0.4, -0.2) is 28.5 Å². The molecule has 2 aromatic rings. The van der Waals surface area contributed by atoms with Gasteiger partial charge in [-0.25, -0.2) is 17.7 Å². The SMILES string of the molecule is CCCC1=Nc2ccccc2S(=O)(=O)N1c1ccc(OC)c(OC)c1. The second-order valence-corrected chi connectivity index (χ2v) is 7.31.